The Morgan fingerprint density at radius 2 is 2.30 bits per heavy atom. The first-order valence-electron chi connectivity index (χ1n) is 6.05. The van der Waals surface area contributed by atoms with Crippen molar-refractivity contribution in [2.75, 3.05) is 0 Å². The molecule has 2 heterocycles. The minimum Gasteiger partial charge on any atom is -0.349 e. The zero-order valence-corrected chi connectivity index (χ0v) is 13.7. The van der Waals surface area contributed by atoms with Gasteiger partial charge in [0.15, 0.2) is 0 Å². The molecule has 0 aliphatic rings. The van der Waals surface area contributed by atoms with E-state index in [1.54, 1.807) is 35.7 Å². The molecular weight excluding hydrogens is 346 g/mol. The van der Waals surface area contributed by atoms with Gasteiger partial charge in [-0.1, -0.05) is 11.6 Å². The number of rotatable bonds is 4. The maximum absolute atomic E-state index is 12.1. The number of halogens is 2. The van der Waals surface area contributed by atoms with E-state index in [4.69, 9.17) is 11.6 Å². The van der Waals surface area contributed by atoms with Crippen molar-refractivity contribution in [3.63, 3.8) is 0 Å². The number of hydrogen-bond acceptors (Lipinski definition) is 3. The zero-order valence-electron chi connectivity index (χ0n) is 11.4. The Morgan fingerprint density at radius 3 is 2.80 bits per heavy atom. The first-order valence-corrected chi connectivity index (χ1v) is 7.22. The lowest BCUT2D eigenvalue weighted by Crippen LogP contribution is -2.31. The maximum atomic E-state index is 12.1. The third-order valence-electron chi connectivity index (χ3n) is 3.07. The van der Waals surface area contributed by atoms with Crippen LogP contribution in [0.4, 0.5) is 0 Å². The van der Waals surface area contributed by atoms with Gasteiger partial charge >= 0.3 is 0 Å². The number of carbonyl (C=O) groups is 1. The maximum Gasteiger partial charge on any atom is 0.244 e. The number of nitrogens with one attached hydrogen (secondary N) is 1. The summed E-state index contributed by atoms with van der Waals surface area (Å²) in [5.74, 6) is -0.128. The summed E-state index contributed by atoms with van der Waals surface area (Å²) in [6.45, 7) is 4.00. The molecule has 0 radical (unpaired) electrons. The molecule has 20 heavy (non-hydrogen) atoms. The topological polar surface area (TPSA) is 64.7 Å². The molecule has 0 aromatic carbocycles. The van der Waals surface area contributed by atoms with Crippen molar-refractivity contribution in [2.45, 2.75) is 26.4 Å². The van der Waals surface area contributed by atoms with Crippen molar-refractivity contribution in [1.29, 1.82) is 0 Å². The molecule has 0 saturated carbocycles. The van der Waals surface area contributed by atoms with Gasteiger partial charge in [-0.2, -0.15) is 10.2 Å². The molecule has 2 rings (SSSR count). The monoisotopic (exact) mass is 359 g/mol. The molecule has 6 nitrogen and oxygen atoms in total. The SMILES string of the molecule is Cc1nn(C(C)C(=O)NCc2c(Cl)cnn2C)cc1Br. The molecule has 0 spiro atoms. The van der Waals surface area contributed by atoms with Gasteiger partial charge in [-0.3, -0.25) is 14.2 Å². The van der Waals surface area contributed by atoms with Crippen LogP contribution in [-0.4, -0.2) is 25.5 Å². The largest absolute Gasteiger partial charge is 0.349 e. The van der Waals surface area contributed by atoms with Gasteiger partial charge < -0.3 is 5.32 Å². The molecule has 0 bridgehead atoms. The summed E-state index contributed by atoms with van der Waals surface area (Å²) in [4.78, 5) is 12.1. The molecule has 1 N–H and O–H groups in total. The number of aryl methyl sites for hydroxylation is 2. The molecule has 0 aliphatic carbocycles. The summed E-state index contributed by atoms with van der Waals surface area (Å²) < 4.78 is 4.15. The molecule has 108 valence electrons. The third kappa shape index (κ3) is 3.04. The van der Waals surface area contributed by atoms with E-state index in [1.165, 1.54) is 0 Å². The number of carbonyl (C=O) groups excluding carboxylic acids is 1. The average Bonchev–Trinajstić information content (AvgIpc) is 2.90. The zero-order chi connectivity index (χ0) is 14.9. The first kappa shape index (κ1) is 15.1. The highest BCUT2D eigenvalue weighted by Gasteiger charge is 2.17. The van der Waals surface area contributed by atoms with E-state index >= 15 is 0 Å². The van der Waals surface area contributed by atoms with Gasteiger partial charge in [0.25, 0.3) is 0 Å². The minimum absolute atomic E-state index is 0.128. The van der Waals surface area contributed by atoms with Crippen LogP contribution in [-0.2, 0) is 18.4 Å². The fourth-order valence-electron chi connectivity index (χ4n) is 1.73. The Labute approximate surface area is 130 Å². The van der Waals surface area contributed by atoms with Gasteiger partial charge in [0.05, 0.1) is 33.6 Å². The molecule has 2 aromatic heterocycles. The minimum atomic E-state index is -0.396. The van der Waals surface area contributed by atoms with E-state index in [2.05, 4.69) is 31.4 Å². The summed E-state index contributed by atoms with van der Waals surface area (Å²) in [7, 11) is 1.78. The van der Waals surface area contributed by atoms with E-state index in [1.807, 2.05) is 6.92 Å². The highest BCUT2D eigenvalue weighted by Crippen LogP contribution is 2.17. The lowest BCUT2D eigenvalue weighted by atomic mass is 10.3. The molecule has 0 saturated heterocycles. The Hall–Kier alpha value is -1.34. The van der Waals surface area contributed by atoms with Crippen molar-refractivity contribution in [3.05, 3.63) is 33.3 Å². The van der Waals surface area contributed by atoms with Crippen LogP contribution in [0.5, 0.6) is 0 Å². The summed E-state index contributed by atoms with van der Waals surface area (Å²) in [5.41, 5.74) is 1.62. The van der Waals surface area contributed by atoms with Crippen LogP contribution in [0.2, 0.25) is 5.02 Å². The molecule has 0 fully saturated rings. The molecule has 1 unspecified atom stereocenters. The van der Waals surface area contributed by atoms with Crippen LogP contribution in [0.3, 0.4) is 0 Å². The molecule has 1 amide bonds. The van der Waals surface area contributed by atoms with Crippen LogP contribution in [0, 0.1) is 6.92 Å². The van der Waals surface area contributed by atoms with Crippen LogP contribution in [0.15, 0.2) is 16.9 Å². The highest BCUT2D eigenvalue weighted by molar-refractivity contribution is 9.10. The predicted molar refractivity (Wildman–Crippen MR) is 79.4 cm³/mol. The van der Waals surface area contributed by atoms with E-state index < -0.39 is 6.04 Å². The third-order valence-corrected chi connectivity index (χ3v) is 4.17. The number of nitrogens with zero attached hydrogens (tertiary/aromatic N) is 4. The Balaban J connectivity index is 2.01. The van der Waals surface area contributed by atoms with Crippen LogP contribution < -0.4 is 5.32 Å². The second-order valence-electron chi connectivity index (χ2n) is 4.50. The van der Waals surface area contributed by atoms with Crippen LogP contribution in [0.25, 0.3) is 0 Å². The number of aromatic nitrogens is 4. The quantitative estimate of drug-likeness (QED) is 0.909. The normalized spacial score (nSPS) is 12.4. The fourth-order valence-corrected chi connectivity index (χ4v) is 2.25. The smallest absolute Gasteiger partial charge is 0.244 e. The second kappa shape index (κ2) is 5.97. The van der Waals surface area contributed by atoms with Crippen molar-refractivity contribution in [2.24, 2.45) is 7.05 Å². The summed E-state index contributed by atoms with van der Waals surface area (Å²) in [6.07, 6.45) is 3.34. The van der Waals surface area contributed by atoms with Gasteiger partial charge in [0, 0.05) is 13.2 Å². The van der Waals surface area contributed by atoms with E-state index in [-0.39, 0.29) is 5.91 Å². The van der Waals surface area contributed by atoms with Crippen molar-refractivity contribution in [3.8, 4) is 0 Å². The molecule has 1 atom stereocenters. The Bertz CT molecular complexity index is 597. The van der Waals surface area contributed by atoms with Gasteiger partial charge in [-0.15, -0.1) is 0 Å². The average molecular weight is 361 g/mol. The number of amides is 1. The van der Waals surface area contributed by atoms with E-state index in [0.29, 0.717) is 11.6 Å². The predicted octanol–water partition coefficient (Wildman–Crippen LogP) is 2.22. The summed E-state index contributed by atoms with van der Waals surface area (Å²) in [6, 6.07) is -0.396. The van der Waals surface area contributed by atoms with E-state index in [0.717, 1.165) is 15.9 Å². The fraction of sp³-hybridized carbons (Fsp3) is 0.417. The van der Waals surface area contributed by atoms with Crippen molar-refractivity contribution in [1.82, 2.24) is 24.9 Å². The standard InChI is InChI=1S/C12H15BrClN5O/c1-7-9(13)6-19(17-7)8(2)12(20)15-5-11-10(14)4-16-18(11)3/h4,6,8H,5H2,1-3H3,(H,15,20). The second-order valence-corrected chi connectivity index (χ2v) is 5.76. The van der Waals surface area contributed by atoms with Gasteiger partial charge in [0.2, 0.25) is 5.91 Å². The van der Waals surface area contributed by atoms with Crippen LogP contribution in [0.1, 0.15) is 24.4 Å². The number of hydrogen-bond donors (Lipinski definition) is 1. The Morgan fingerprint density at radius 1 is 1.60 bits per heavy atom. The van der Waals surface area contributed by atoms with E-state index in [9.17, 15) is 4.79 Å². The van der Waals surface area contributed by atoms with Crippen molar-refractivity contribution < 1.29 is 4.79 Å². The Kier molecular flexibility index (Phi) is 4.49. The molecule has 2 aromatic rings. The molecule has 8 heteroatoms. The summed E-state index contributed by atoms with van der Waals surface area (Å²) >= 11 is 9.37. The van der Waals surface area contributed by atoms with Gasteiger partial charge in [0.1, 0.15) is 6.04 Å². The van der Waals surface area contributed by atoms with Crippen molar-refractivity contribution >= 4 is 33.4 Å². The first-order chi connectivity index (χ1) is 9.40. The molecule has 0 aliphatic heterocycles. The van der Waals surface area contributed by atoms with Gasteiger partial charge in [-0.05, 0) is 29.8 Å². The highest BCUT2D eigenvalue weighted by atomic mass is 79.9. The van der Waals surface area contributed by atoms with Crippen LogP contribution >= 0.6 is 27.5 Å². The molecular formula is C12H15BrClN5O. The van der Waals surface area contributed by atoms with Gasteiger partial charge in [-0.25, -0.2) is 0 Å². The lowest BCUT2D eigenvalue weighted by Gasteiger charge is -2.13. The summed E-state index contributed by atoms with van der Waals surface area (Å²) in [5, 5.41) is 11.7. The lowest BCUT2D eigenvalue weighted by molar-refractivity contribution is -0.124.